The fourth-order valence-electron chi connectivity index (χ4n) is 1.93. The highest BCUT2D eigenvalue weighted by Crippen LogP contribution is 2.34. The molecule has 0 aliphatic rings. The van der Waals surface area contributed by atoms with Crippen LogP contribution >= 0.6 is 15.9 Å². The molecule has 1 N–H and O–H groups in total. The van der Waals surface area contributed by atoms with Crippen molar-refractivity contribution in [3.8, 4) is 0 Å². The first-order chi connectivity index (χ1) is 11.2. The largest absolute Gasteiger partial charge is 0.444 e. The van der Waals surface area contributed by atoms with Crippen LogP contribution in [0.25, 0.3) is 0 Å². The lowest BCUT2D eigenvalue weighted by Gasteiger charge is -2.17. The summed E-state index contributed by atoms with van der Waals surface area (Å²) in [5.41, 5.74) is -1.32. The van der Waals surface area contributed by atoms with E-state index in [2.05, 4.69) is 21.2 Å². The van der Waals surface area contributed by atoms with E-state index < -0.39 is 30.1 Å². The maximum atomic E-state index is 12.9. The number of hydrogen-bond donors (Lipinski definition) is 1. The number of furan rings is 1. The second kappa shape index (κ2) is 7.08. The van der Waals surface area contributed by atoms with E-state index >= 15 is 0 Å². The maximum Gasteiger partial charge on any atom is 0.418 e. The third kappa shape index (κ3) is 4.38. The zero-order valence-electron chi connectivity index (χ0n) is 12.4. The number of hydrogen-bond acceptors (Lipinski definition) is 3. The van der Waals surface area contributed by atoms with Gasteiger partial charge in [0.2, 0.25) is 5.91 Å². The van der Waals surface area contributed by atoms with Crippen LogP contribution in [-0.4, -0.2) is 30.3 Å². The zero-order chi connectivity index (χ0) is 17.9. The SMILES string of the molecule is CN(CC(=O)Nc1ccccc1C(F)(F)F)C(=O)c1ccc(Br)o1. The Hall–Kier alpha value is -2.29. The van der Waals surface area contributed by atoms with E-state index in [1.807, 2.05) is 0 Å². The minimum absolute atomic E-state index is 0.00728. The highest BCUT2D eigenvalue weighted by molar-refractivity contribution is 9.10. The van der Waals surface area contributed by atoms with E-state index in [4.69, 9.17) is 4.42 Å². The maximum absolute atomic E-state index is 12.9. The molecule has 0 aliphatic carbocycles. The van der Waals surface area contributed by atoms with Crippen LogP contribution in [0.15, 0.2) is 45.5 Å². The van der Waals surface area contributed by atoms with Crippen LogP contribution in [0.4, 0.5) is 18.9 Å². The fourth-order valence-corrected chi connectivity index (χ4v) is 2.24. The molecule has 0 unspecified atom stereocenters. The monoisotopic (exact) mass is 404 g/mol. The summed E-state index contributed by atoms with van der Waals surface area (Å²) in [5.74, 6) is -1.32. The minimum atomic E-state index is -4.59. The second-order valence-electron chi connectivity index (χ2n) is 4.86. The number of alkyl halides is 3. The van der Waals surface area contributed by atoms with Crippen LogP contribution in [0.5, 0.6) is 0 Å². The van der Waals surface area contributed by atoms with E-state index in [0.717, 1.165) is 17.0 Å². The van der Waals surface area contributed by atoms with E-state index in [9.17, 15) is 22.8 Å². The molecule has 0 radical (unpaired) electrons. The van der Waals surface area contributed by atoms with Crippen molar-refractivity contribution in [3.05, 3.63) is 52.4 Å². The fraction of sp³-hybridized carbons (Fsp3) is 0.200. The van der Waals surface area contributed by atoms with Gasteiger partial charge < -0.3 is 14.6 Å². The number of amides is 2. The van der Waals surface area contributed by atoms with E-state index in [-0.39, 0.29) is 11.4 Å². The molecule has 9 heteroatoms. The van der Waals surface area contributed by atoms with Gasteiger partial charge in [-0.25, -0.2) is 0 Å². The van der Waals surface area contributed by atoms with Crippen molar-refractivity contribution in [2.45, 2.75) is 6.18 Å². The second-order valence-corrected chi connectivity index (χ2v) is 5.64. The molecule has 0 bridgehead atoms. The van der Waals surface area contributed by atoms with Gasteiger partial charge in [-0.3, -0.25) is 9.59 Å². The van der Waals surface area contributed by atoms with E-state index in [0.29, 0.717) is 4.67 Å². The lowest BCUT2D eigenvalue weighted by molar-refractivity contribution is -0.137. The summed E-state index contributed by atoms with van der Waals surface area (Å²) in [4.78, 5) is 25.0. The van der Waals surface area contributed by atoms with Crippen molar-refractivity contribution in [3.63, 3.8) is 0 Å². The van der Waals surface area contributed by atoms with Crippen molar-refractivity contribution in [2.24, 2.45) is 0 Å². The van der Waals surface area contributed by atoms with Gasteiger partial charge in [0.25, 0.3) is 5.91 Å². The summed E-state index contributed by atoms with van der Waals surface area (Å²) in [5, 5.41) is 2.17. The highest BCUT2D eigenvalue weighted by atomic mass is 79.9. The number of benzene rings is 1. The Bertz CT molecular complexity index is 758. The summed E-state index contributed by atoms with van der Waals surface area (Å²) in [6, 6.07) is 7.54. The lowest BCUT2D eigenvalue weighted by Crippen LogP contribution is -2.35. The molecule has 0 spiro atoms. The first-order valence-electron chi connectivity index (χ1n) is 6.65. The average Bonchev–Trinajstić information content (AvgIpc) is 2.92. The molecule has 0 fully saturated rings. The quantitative estimate of drug-likeness (QED) is 0.843. The zero-order valence-corrected chi connectivity index (χ0v) is 13.9. The Morgan fingerprint density at radius 1 is 1.21 bits per heavy atom. The minimum Gasteiger partial charge on any atom is -0.444 e. The normalized spacial score (nSPS) is 11.2. The number of carbonyl (C=O) groups is 2. The molecular formula is C15H12BrF3N2O3. The number of nitrogens with zero attached hydrogens (tertiary/aromatic N) is 1. The molecule has 2 aromatic rings. The molecule has 0 saturated carbocycles. The summed E-state index contributed by atoms with van der Waals surface area (Å²) >= 11 is 3.05. The van der Waals surface area contributed by atoms with Crippen LogP contribution in [0.2, 0.25) is 0 Å². The van der Waals surface area contributed by atoms with Crippen molar-refractivity contribution >= 4 is 33.4 Å². The van der Waals surface area contributed by atoms with E-state index in [1.165, 1.54) is 31.3 Å². The lowest BCUT2D eigenvalue weighted by atomic mass is 10.1. The number of rotatable bonds is 4. The van der Waals surface area contributed by atoms with Crippen molar-refractivity contribution in [1.82, 2.24) is 4.90 Å². The number of anilines is 1. The van der Waals surface area contributed by atoms with Crippen LogP contribution in [-0.2, 0) is 11.0 Å². The average molecular weight is 405 g/mol. The smallest absolute Gasteiger partial charge is 0.418 e. The van der Waals surface area contributed by atoms with Gasteiger partial charge in [0.1, 0.15) is 0 Å². The predicted molar refractivity (Wildman–Crippen MR) is 83.4 cm³/mol. The van der Waals surface area contributed by atoms with E-state index in [1.54, 1.807) is 0 Å². The summed E-state index contributed by atoms with van der Waals surface area (Å²) < 4.78 is 44.1. The number of carbonyl (C=O) groups excluding carboxylic acids is 2. The van der Waals surface area contributed by atoms with Gasteiger partial charge >= 0.3 is 6.18 Å². The van der Waals surface area contributed by atoms with Gasteiger partial charge in [-0.05, 0) is 40.2 Å². The van der Waals surface area contributed by atoms with Gasteiger partial charge in [0.05, 0.1) is 17.8 Å². The summed E-state index contributed by atoms with van der Waals surface area (Å²) in [7, 11) is 1.34. The van der Waals surface area contributed by atoms with Crippen molar-refractivity contribution < 1.29 is 27.2 Å². The molecule has 5 nitrogen and oxygen atoms in total. The molecule has 2 rings (SSSR count). The molecular weight excluding hydrogens is 393 g/mol. The number of likely N-dealkylation sites (N-methyl/N-ethyl adjacent to an activating group) is 1. The molecule has 0 aliphatic heterocycles. The van der Waals surface area contributed by atoms with Gasteiger partial charge in [-0.2, -0.15) is 13.2 Å². The first kappa shape index (κ1) is 18.1. The molecule has 24 heavy (non-hydrogen) atoms. The highest BCUT2D eigenvalue weighted by Gasteiger charge is 2.33. The third-order valence-electron chi connectivity index (χ3n) is 3.02. The standard InChI is InChI=1S/C15H12BrF3N2O3/c1-21(14(23)11-6-7-12(16)24-11)8-13(22)20-10-5-3-2-4-9(10)15(17,18)19/h2-7H,8H2,1H3,(H,20,22). The summed E-state index contributed by atoms with van der Waals surface area (Å²) in [6.45, 7) is -0.427. The van der Waals surface area contributed by atoms with Crippen molar-refractivity contribution in [2.75, 3.05) is 18.9 Å². The number of halogens is 4. The molecule has 2 amide bonds. The van der Waals surface area contributed by atoms with Crippen LogP contribution < -0.4 is 5.32 Å². The first-order valence-corrected chi connectivity index (χ1v) is 7.44. The Labute approximate surface area is 143 Å². The predicted octanol–water partition coefficient (Wildman–Crippen LogP) is 3.77. The molecule has 1 aromatic heterocycles. The molecule has 0 saturated heterocycles. The third-order valence-corrected chi connectivity index (χ3v) is 3.44. The Morgan fingerprint density at radius 3 is 2.46 bits per heavy atom. The topological polar surface area (TPSA) is 62.6 Å². The van der Waals surface area contributed by atoms with Crippen LogP contribution in [0.1, 0.15) is 16.1 Å². The van der Waals surface area contributed by atoms with Gasteiger partial charge in [-0.15, -0.1) is 0 Å². The van der Waals surface area contributed by atoms with Crippen molar-refractivity contribution in [1.29, 1.82) is 0 Å². The Kier molecular flexibility index (Phi) is 5.33. The molecule has 1 heterocycles. The number of nitrogens with one attached hydrogen (secondary N) is 1. The van der Waals surface area contributed by atoms with Crippen LogP contribution in [0.3, 0.4) is 0 Å². The van der Waals surface area contributed by atoms with Gasteiger partial charge in [-0.1, -0.05) is 12.1 Å². The molecule has 128 valence electrons. The van der Waals surface area contributed by atoms with Gasteiger partial charge in [0, 0.05) is 7.05 Å². The van der Waals surface area contributed by atoms with Crippen LogP contribution in [0, 0.1) is 0 Å². The molecule has 1 aromatic carbocycles. The Morgan fingerprint density at radius 2 is 1.88 bits per heavy atom. The summed E-state index contributed by atoms with van der Waals surface area (Å²) in [6.07, 6.45) is -4.59. The Balaban J connectivity index is 2.05. The molecule has 0 atom stereocenters. The number of para-hydroxylation sites is 1. The van der Waals surface area contributed by atoms with Gasteiger partial charge in [0.15, 0.2) is 10.4 Å².